The summed E-state index contributed by atoms with van der Waals surface area (Å²) in [7, 11) is 1.69. The molecule has 0 aromatic heterocycles. The molecule has 0 amide bonds. The van der Waals surface area contributed by atoms with Crippen molar-refractivity contribution in [2.45, 2.75) is 18.9 Å². The Hall–Kier alpha value is -0.540. The van der Waals surface area contributed by atoms with Crippen molar-refractivity contribution in [1.29, 1.82) is 0 Å². The molecule has 1 fully saturated rings. The first-order valence-electron chi connectivity index (χ1n) is 4.81. The third-order valence-corrected chi connectivity index (χ3v) is 3.17. The molecule has 0 spiro atoms. The Morgan fingerprint density at radius 3 is 2.79 bits per heavy atom. The number of hydrogen-bond donors (Lipinski definition) is 1. The SMILES string of the molecule is COc1ccc(Br)cc1[C@@H](N)C1CC1. The second-order valence-corrected chi connectivity index (χ2v) is 4.67. The lowest BCUT2D eigenvalue weighted by molar-refractivity contribution is 0.403. The van der Waals surface area contributed by atoms with Crippen LogP contribution >= 0.6 is 15.9 Å². The van der Waals surface area contributed by atoms with E-state index in [-0.39, 0.29) is 6.04 Å². The maximum Gasteiger partial charge on any atom is 0.123 e. The lowest BCUT2D eigenvalue weighted by Gasteiger charge is -2.15. The molecular formula is C11H14BrNO. The molecule has 14 heavy (non-hydrogen) atoms. The van der Waals surface area contributed by atoms with E-state index in [9.17, 15) is 0 Å². The molecule has 1 aliphatic carbocycles. The average molecular weight is 256 g/mol. The second kappa shape index (κ2) is 3.91. The second-order valence-electron chi connectivity index (χ2n) is 3.75. The lowest BCUT2D eigenvalue weighted by atomic mass is 10.0. The number of halogens is 1. The van der Waals surface area contributed by atoms with Crippen molar-refractivity contribution in [3.63, 3.8) is 0 Å². The van der Waals surface area contributed by atoms with Crippen LogP contribution in [0.2, 0.25) is 0 Å². The van der Waals surface area contributed by atoms with Crippen LogP contribution in [-0.2, 0) is 0 Å². The van der Waals surface area contributed by atoms with E-state index in [1.807, 2.05) is 12.1 Å². The molecule has 1 aromatic carbocycles. The molecular weight excluding hydrogens is 242 g/mol. The smallest absolute Gasteiger partial charge is 0.123 e. The number of benzene rings is 1. The van der Waals surface area contributed by atoms with E-state index in [0.717, 1.165) is 15.8 Å². The van der Waals surface area contributed by atoms with Gasteiger partial charge in [-0.3, -0.25) is 0 Å². The highest BCUT2D eigenvalue weighted by molar-refractivity contribution is 9.10. The van der Waals surface area contributed by atoms with E-state index in [1.165, 1.54) is 12.8 Å². The zero-order valence-electron chi connectivity index (χ0n) is 8.16. The van der Waals surface area contributed by atoms with Crippen LogP contribution < -0.4 is 10.5 Å². The Morgan fingerprint density at radius 2 is 2.21 bits per heavy atom. The van der Waals surface area contributed by atoms with E-state index in [4.69, 9.17) is 10.5 Å². The van der Waals surface area contributed by atoms with Crippen LogP contribution in [0.5, 0.6) is 5.75 Å². The third kappa shape index (κ3) is 1.93. The van der Waals surface area contributed by atoms with Crippen LogP contribution in [0.1, 0.15) is 24.4 Å². The third-order valence-electron chi connectivity index (χ3n) is 2.68. The minimum atomic E-state index is 0.127. The highest BCUT2D eigenvalue weighted by atomic mass is 79.9. The molecule has 2 N–H and O–H groups in total. The topological polar surface area (TPSA) is 35.2 Å². The number of rotatable bonds is 3. The minimum Gasteiger partial charge on any atom is -0.496 e. The number of ether oxygens (including phenoxy) is 1. The van der Waals surface area contributed by atoms with Gasteiger partial charge < -0.3 is 10.5 Å². The number of nitrogens with two attached hydrogens (primary N) is 1. The van der Waals surface area contributed by atoms with Gasteiger partial charge in [-0.15, -0.1) is 0 Å². The molecule has 2 rings (SSSR count). The van der Waals surface area contributed by atoms with Crippen molar-refractivity contribution in [2.24, 2.45) is 11.7 Å². The monoisotopic (exact) mass is 255 g/mol. The first-order valence-corrected chi connectivity index (χ1v) is 5.60. The van der Waals surface area contributed by atoms with Crippen molar-refractivity contribution >= 4 is 15.9 Å². The Balaban J connectivity index is 2.32. The fourth-order valence-corrected chi connectivity index (χ4v) is 2.05. The van der Waals surface area contributed by atoms with E-state index in [0.29, 0.717) is 5.92 Å². The summed E-state index contributed by atoms with van der Waals surface area (Å²) in [5, 5.41) is 0. The molecule has 1 saturated carbocycles. The van der Waals surface area contributed by atoms with Crippen LogP contribution in [0.25, 0.3) is 0 Å². The van der Waals surface area contributed by atoms with Crippen LogP contribution in [-0.4, -0.2) is 7.11 Å². The van der Waals surface area contributed by atoms with Crippen LogP contribution in [0.4, 0.5) is 0 Å². The maximum absolute atomic E-state index is 6.14. The van der Waals surface area contributed by atoms with Crippen molar-refractivity contribution in [3.8, 4) is 5.75 Å². The Labute approximate surface area is 92.6 Å². The maximum atomic E-state index is 6.14. The molecule has 3 heteroatoms. The molecule has 0 heterocycles. The van der Waals surface area contributed by atoms with Crippen molar-refractivity contribution < 1.29 is 4.74 Å². The molecule has 1 aromatic rings. The fourth-order valence-electron chi connectivity index (χ4n) is 1.67. The first-order chi connectivity index (χ1) is 6.72. The zero-order chi connectivity index (χ0) is 10.1. The molecule has 1 aliphatic rings. The predicted molar refractivity (Wildman–Crippen MR) is 60.3 cm³/mol. The number of hydrogen-bond acceptors (Lipinski definition) is 2. The van der Waals surface area contributed by atoms with Crippen LogP contribution in [0.15, 0.2) is 22.7 Å². The van der Waals surface area contributed by atoms with Gasteiger partial charge in [-0.05, 0) is 37.0 Å². The average Bonchev–Trinajstić information content (AvgIpc) is 3.00. The van der Waals surface area contributed by atoms with Gasteiger partial charge in [0.2, 0.25) is 0 Å². The zero-order valence-corrected chi connectivity index (χ0v) is 9.75. The Bertz CT molecular complexity index is 336. The molecule has 0 saturated heterocycles. The largest absolute Gasteiger partial charge is 0.496 e. The van der Waals surface area contributed by atoms with Gasteiger partial charge in [-0.1, -0.05) is 15.9 Å². The summed E-state index contributed by atoms with van der Waals surface area (Å²) in [6.45, 7) is 0. The van der Waals surface area contributed by atoms with Gasteiger partial charge in [0, 0.05) is 16.1 Å². The molecule has 2 nitrogen and oxygen atoms in total. The molecule has 0 unspecified atom stereocenters. The predicted octanol–water partition coefficient (Wildman–Crippen LogP) is 2.87. The van der Waals surface area contributed by atoms with E-state index >= 15 is 0 Å². The van der Waals surface area contributed by atoms with Gasteiger partial charge in [-0.25, -0.2) is 0 Å². The van der Waals surface area contributed by atoms with Gasteiger partial charge in [-0.2, -0.15) is 0 Å². The standard InChI is InChI=1S/C11H14BrNO/c1-14-10-5-4-8(12)6-9(10)11(13)7-2-3-7/h4-7,11H,2-3,13H2,1H3/t11-/m0/s1. The number of methoxy groups -OCH3 is 1. The Kier molecular flexibility index (Phi) is 2.79. The summed E-state index contributed by atoms with van der Waals surface area (Å²) in [6.07, 6.45) is 2.49. The molecule has 76 valence electrons. The first kappa shape index (κ1) is 9.99. The van der Waals surface area contributed by atoms with Gasteiger partial charge >= 0.3 is 0 Å². The van der Waals surface area contributed by atoms with E-state index < -0.39 is 0 Å². The summed E-state index contributed by atoms with van der Waals surface area (Å²) in [4.78, 5) is 0. The van der Waals surface area contributed by atoms with Crippen molar-refractivity contribution in [2.75, 3.05) is 7.11 Å². The summed E-state index contributed by atoms with van der Waals surface area (Å²) in [6, 6.07) is 6.12. The quantitative estimate of drug-likeness (QED) is 0.902. The van der Waals surface area contributed by atoms with Crippen molar-refractivity contribution in [1.82, 2.24) is 0 Å². The Morgan fingerprint density at radius 1 is 1.50 bits per heavy atom. The van der Waals surface area contributed by atoms with Crippen LogP contribution in [0.3, 0.4) is 0 Å². The minimum absolute atomic E-state index is 0.127. The van der Waals surface area contributed by atoms with Crippen molar-refractivity contribution in [3.05, 3.63) is 28.2 Å². The summed E-state index contributed by atoms with van der Waals surface area (Å²) >= 11 is 3.45. The highest BCUT2D eigenvalue weighted by Crippen LogP contribution is 2.42. The van der Waals surface area contributed by atoms with E-state index in [2.05, 4.69) is 22.0 Å². The molecule has 0 aliphatic heterocycles. The summed E-state index contributed by atoms with van der Waals surface area (Å²) in [5.74, 6) is 1.55. The fraction of sp³-hybridized carbons (Fsp3) is 0.455. The molecule has 0 radical (unpaired) electrons. The summed E-state index contributed by atoms with van der Waals surface area (Å²) < 4.78 is 6.36. The lowest BCUT2D eigenvalue weighted by Crippen LogP contribution is -2.13. The normalized spacial score (nSPS) is 17.9. The summed E-state index contributed by atoms with van der Waals surface area (Å²) in [5.41, 5.74) is 7.26. The molecule has 0 bridgehead atoms. The van der Waals surface area contributed by atoms with E-state index in [1.54, 1.807) is 7.11 Å². The van der Waals surface area contributed by atoms with Crippen LogP contribution in [0, 0.1) is 5.92 Å². The van der Waals surface area contributed by atoms with Gasteiger partial charge in [0.15, 0.2) is 0 Å². The van der Waals surface area contributed by atoms with Gasteiger partial charge in [0.25, 0.3) is 0 Å². The molecule has 1 atom stereocenters. The highest BCUT2D eigenvalue weighted by Gasteiger charge is 2.31. The van der Waals surface area contributed by atoms with Gasteiger partial charge in [0.05, 0.1) is 7.11 Å². The van der Waals surface area contributed by atoms with Gasteiger partial charge in [0.1, 0.15) is 5.75 Å².